The second-order valence-electron chi connectivity index (χ2n) is 7.03. The molecule has 1 fully saturated rings. The Kier molecular flexibility index (Phi) is 6.35. The van der Waals surface area contributed by atoms with Crippen LogP contribution in [0.1, 0.15) is 29.3 Å². The molecule has 0 atom stereocenters. The number of anilines is 2. The highest BCUT2D eigenvalue weighted by Gasteiger charge is 2.18. The lowest BCUT2D eigenvalue weighted by molar-refractivity contribution is 0.0962. The van der Waals surface area contributed by atoms with Gasteiger partial charge in [0.05, 0.1) is 12.3 Å². The number of benzene rings is 2. The van der Waals surface area contributed by atoms with Gasteiger partial charge in [0, 0.05) is 50.4 Å². The Bertz CT molecular complexity index is 783. The lowest BCUT2D eigenvalue weighted by Crippen LogP contribution is -2.46. The van der Waals surface area contributed by atoms with E-state index in [9.17, 15) is 4.79 Å². The molecule has 2 aromatic carbocycles. The summed E-state index contributed by atoms with van der Waals surface area (Å²) in [4.78, 5) is 17.3. The van der Waals surface area contributed by atoms with Gasteiger partial charge < -0.3 is 15.4 Å². The van der Waals surface area contributed by atoms with Gasteiger partial charge in [0.15, 0.2) is 5.78 Å². The van der Waals surface area contributed by atoms with E-state index >= 15 is 0 Å². The van der Waals surface area contributed by atoms with Crippen LogP contribution in [0.2, 0.25) is 0 Å². The van der Waals surface area contributed by atoms with Crippen LogP contribution in [0.3, 0.4) is 0 Å². The quantitative estimate of drug-likeness (QED) is 0.601. The predicted octanol–water partition coefficient (Wildman–Crippen LogP) is 3.37. The zero-order valence-corrected chi connectivity index (χ0v) is 16.3. The smallest absolute Gasteiger partial charge is 0.164 e. The number of nitrogens with zero attached hydrogens (tertiary/aromatic N) is 2. The number of ether oxygens (including phenoxy) is 1. The van der Waals surface area contributed by atoms with Crippen molar-refractivity contribution in [1.29, 1.82) is 0 Å². The third kappa shape index (κ3) is 5.01. The number of piperazine rings is 1. The van der Waals surface area contributed by atoms with Crippen LogP contribution in [0.4, 0.5) is 11.4 Å². The summed E-state index contributed by atoms with van der Waals surface area (Å²) < 4.78 is 5.43. The van der Waals surface area contributed by atoms with Gasteiger partial charge >= 0.3 is 0 Å². The molecule has 144 valence electrons. The first kappa shape index (κ1) is 19.2. The van der Waals surface area contributed by atoms with E-state index < -0.39 is 0 Å². The molecule has 0 amide bonds. The topological polar surface area (TPSA) is 58.8 Å². The fourth-order valence-corrected chi connectivity index (χ4v) is 3.47. The first-order valence-electron chi connectivity index (χ1n) is 9.66. The van der Waals surface area contributed by atoms with Crippen LogP contribution in [0.5, 0.6) is 5.75 Å². The van der Waals surface area contributed by atoms with Crippen molar-refractivity contribution in [2.75, 3.05) is 50.0 Å². The van der Waals surface area contributed by atoms with Crippen molar-refractivity contribution in [3.05, 3.63) is 53.6 Å². The maximum Gasteiger partial charge on any atom is 0.164 e. The highest BCUT2D eigenvalue weighted by molar-refractivity contribution is 5.97. The van der Waals surface area contributed by atoms with Crippen molar-refractivity contribution in [1.82, 2.24) is 4.90 Å². The van der Waals surface area contributed by atoms with E-state index in [1.54, 1.807) is 18.2 Å². The van der Waals surface area contributed by atoms with Gasteiger partial charge in [-0.1, -0.05) is 12.1 Å². The zero-order valence-electron chi connectivity index (χ0n) is 16.3. The van der Waals surface area contributed by atoms with Crippen LogP contribution >= 0.6 is 0 Å². The van der Waals surface area contributed by atoms with Crippen LogP contribution in [0.15, 0.2) is 42.5 Å². The van der Waals surface area contributed by atoms with E-state index in [-0.39, 0.29) is 5.78 Å². The number of rotatable bonds is 7. The molecule has 1 heterocycles. The Labute approximate surface area is 161 Å². The molecule has 0 bridgehead atoms. The molecule has 1 aliphatic rings. The number of ketones is 1. The van der Waals surface area contributed by atoms with Gasteiger partial charge in [-0.15, -0.1) is 0 Å². The Morgan fingerprint density at radius 1 is 1.11 bits per heavy atom. The van der Waals surface area contributed by atoms with E-state index in [1.807, 2.05) is 6.92 Å². The fraction of sp³-hybridized carbons (Fsp3) is 0.409. The van der Waals surface area contributed by atoms with Gasteiger partial charge in [0.1, 0.15) is 5.75 Å². The maximum atomic E-state index is 12.5. The first-order valence-corrected chi connectivity index (χ1v) is 9.66. The molecule has 0 saturated carbocycles. The molecule has 5 heteroatoms. The Morgan fingerprint density at radius 2 is 1.89 bits per heavy atom. The molecular formula is C22H29N3O2. The van der Waals surface area contributed by atoms with Crippen molar-refractivity contribution in [2.24, 2.45) is 0 Å². The highest BCUT2D eigenvalue weighted by Crippen LogP contribution is 2.23. The largest absolute Gasteiger partial charge is 0.492 e. The number of nitrogens with two attached hydrogens (primary N) is 1. The van der Waals surface area contributed by atoms with Crippen molar-refractivity contribution in [3.8, 4) is 5.75 Å². The number of nitrogen functional groups attached to an aromatic ring is 1. The summed E-state index contributed by atoms with van der Waals surface area (Å²) in [5.74, 6) is 0.771. The van der Waals surface area contributed by atoms with Crippen LogP contribution in [-0.2, 0) is 0 Å². The molecule has 3 rings (SSSR count). The second kappa shape index (κ2) is 8.91. The van der Waals surface area contributed by atoms with Crippen molar-refractivity contribution in [3.63, 3.8) is 0 Å². The van der Waals surface area contributed by atoms with E-state index in [0.717, 1.165) is 32.7 Å². The molecule has 1 aliphatic heterocycles. The highest BCUT2D eigenvalue weighted by atomic mass is 16.5. The zero-order chi connectivity index (χ0) is 19.2. The number of carbonyl (C=O) groups excluding carboxylic acids is 1. The molecule has 2 N–H and O–H groups in total. The number of hydrogen-bond acceptors (Lipinski definition) is 5. The number of hydrogen-bond donors (Lipinski definition) is 1. The Hall–Kier alpha value is -2.53. The van der Waals surface area contributed by atoms with E-state index in [4.69, 9.17) is 10.5 Å². The van der Waals surface area contributed by atoms with Crippen molar-refractivity contribution >= 4 is 17.2 Å². The standard InChI is InChI=1S/C22H29N3O2/c1-3-27-22-8-7-18(16-20(22)23)21(26)9-10-24-11-13-25(14-12-24)19-6-4-5-17(2)15-19/h4-8,15-16H,3,9-14,23H2,1-2H3. The lowest BCUT2D eigenvalue weighted by atomic mass is 10.1. The molecule has 0 radical (unpaired) electrons. The summed E-state index contributed by atoms with van der Waals surface area (Å²) in [7, 11) is 0. The van der Waals surface area contributed by atoms with Crippen molar-refractivity contribution in [2.45, 2.75) is 20.3 Å². The van der Waals surface area contributed by atoms with Crippen LogP contribution in [0, 0.1) is 6.92 Å². The fourth-order valence-electron chi connectivity index (χ4n) is 3.47. The molecule has 27 heavy (non-hydrogen) atoms. The molecule has 0 unspecified atom stereocenters. The minimum atomic E-state index is 0.130. The van der Waals surface area contributed by atoms with Crippen LogP contribution < -0.4 is 15.4 Å². The minimum absolute atomic E-state index is 0.130. The third-order valence-corrected chi connectivity index (χ3v) is 5.03. The summed E-state index contributed by atoms with van der Waals surface area (Å²) in [6.07, 6.45) is 0.512. The van der Waals surface area contributed by atoms with E-state index in [1.165, 1.54) is 11.3 Å². The summed E-state index contributed by atoms with van der Waals surface area (Å²) in [6.45, 7) is 9.33. The van der Waals surface area contributed by atoms with E-state index in [2.05, 4.69) is 41.0 Å². The molecule has 5 nitrogen and oxygen atoms in total. The second-order valence-corrected chi connectivity index (χ2v) is 7.03. The summed E-state index contributed by atoms with van der Waals surface area (Å²) in [5.41, 5.74) is 9.73. The summed E-state index contributed by atoms with van der Waals surface area (Å²) >= 11 is 0. The van der Waals surface area contributed by atoms with Crippen LogP contribution in [-0.4, -0.2) is 50.0 Å². The monoisotopic (exact) mass is 367 g/mol. The van der Waals surface area contributed by atoms with Gasteiger partial charge in [-0.25, -0.2) is 0 Å². The van der Waals surface area contributed by atoms with Crippen molar-refractivity contribution < 1.29 is 9.53 Å². The average Bonchev–Trinajstić information content (AvgIpc) is 2.68. The SMILES string of the molecule is CCOc1ccc(C(=O)CCN2CCN(c3cccc(C)c3)CC2)cc1N. The number of Topliss-reactive ketones (excluding diaryl/α,β-unsaturated/α-hetero) is 1. The van der Waals surface area contributed by atoms with Gasteiger partial charge in [-0.05, 0) is 49.7 Å². The number of aryl methyl sites for hydroxylation is 1. The Balaban J connectivity index is 1.48. The summed E-state index contributed by atoms with van der Waals surface area (Å²) in [5, 5.41) is 0. The Morgan fingerprint density at radius 3 is 2.56 bits per heavy atom. The average molecular weight is 367 g/mol. The molecular weight excluding hydrogens is 338 g/mol. The maximum absolute atomic E-state index is 12.5. The molecule has 0 aromatic heterocycles. The summed E-state index contributed by atoms with van der Waals surface area (Å²) in [6, 6.07) is 13.9. The lowest BCUT2D eigenvalue weighted by Gasteiger charge is -2.36. The predicted molar refractivity (Wildman–Crippen MR) is 111 cm³/mol. The normalized spacial score (nSPS) is 15.0. The minimum Gasteiger partial charge on any atom is -0.492 e. The molecule has 0 spiro atoms. The molecule has 2 aromatic rings. The van der Waals surface area contributed by atoms with Gasteiger partial charge in [-0.2, -0.15) is 0 Å². The van der Waals surface area contributed by atoms with Gasteiger partial charge in [0.25, 0.3) is 0 Å². The third-order valence-electron chi connectivity index (χ3n) is 5.03. The molecule has 1 saturated heterocycles. The first-order chi connectivity index (χ1) is 13.1. The van der Waals surface area contributed by atoms with E-state index in [0.29, 0.717) is 30.0 Å². The van der Waals surface area contributed by atoms with Crippen LogP contribution in [0.25, 0.3) is 0 Å². The van der Waals surface area contributed by atoms with Gasteiger partial charge in [0.2, 0.25) is 0 Å². The number of carbonyl (C=O) groups is 1. The van der Waals surface area contributed by atoms with Gasteiger partial charge in [-0.3, -0.25) is 9.69 Å². The molecule has 0 aliphatic carbocycles.